The van der Waals surface area contributed by atoms with Crippen LogP contribution in [0.1, 0.15) is 6.92 Å². The molecule has 0 spiro atoms. The lowest BCUT2D eigenvalue weighted by molar-refractivity contribution is -0.138. The lowest BCUT2D eigenvalue weighted by atomic mass is 10.1. The zero-order valence-corrected chi connectivity index (χ0v) is 11.4. The molecule has 0 aliphatic heterocycles. The number of halogens is 3. The van der Waals surface area contributed by atoms with E-state index in [1.54, 1.807) is 6.07 Å². The third-order valence-corrected chi connectivity index (χ3v) is 3.02. The second-order valence-electron chi connectivity index (χ2n) is 4.73. The van der Waals surface area contributed by atoms with Crippen LogP contribution in [0.2, 0.25) is 0 Å². The van der Waals surface area contributed by atoms with Crippen molar-refractivity contribution in [3.8, 4) is 0 Å². The van der Waals surface area contributed by atoms with Crippen LogP contribution < -0.4 is 10.6 Å². The number of anilines is 1. The minimum absolute atomic E-state index is 0.694. The lowest BCUT2D eigenvalue weighted by Gasteiger charge is -2.17. The molecule has 0 fully saturated rings. The largest absolute Gasteiger partial charge is 0.405 e. The van der Waals surface area contributed by atoms with Crippen molar-refractivity contribution in [2.75, 3.05) is 11.9 Å². The first kappa shape index (κ1) is 15.2. The molecule has 2 aromatic rings. The van der Waals surface area contributed by atoms with Gasteiger partial charge in [0.05, 0.1) is 0 Å². The molecule has 21 heavy (non-hydrogen) atoms. The predicted molar refractivity (Wildman–Crippen MR) is 76.1 cm³/mol. The van der Waals surface area contributed by atoms with Crippen molar-refractivity contribution in [3.63, 3.8) is 0 Å². The molecule has 1 amide bonds. The molecule has 0 saturated heterocycles. The maximum Gasteiger partial charge on any atom is 0.405 e. The number of amides is 1. The first-order valence-electron chi connectivity index (χ1n) is 6.45. The molecule has 0 bridgehead atoms. The molecule has 2 aromatic carbocycles. The summed E-state index contributed by atoms with van der Waals surface area (Å²) in [5, 5.41) is 6.71. The fourth-order valence-corrected chi connectivity index (χ4v) is 1.99. The van der Waals surface area contributed by atoms with Crippen LogP contribution in [-0.4, -0.2) is 24.7 Å². The van der Waals surface area contributed by atoms with E-state index in [1.807, 2.05) is 41.7 Å². The van der Waals surface area contributed by atoms with E-state index in [4.69, 9.17) is 0 Å². The van der Waals surface area contributed by atoms with Gasteiger partial charge in [-0.25, -0.2) is 0 Å². The van der Waals surface area contributed by atoms with Gasteiger partial charge in [0, 0.05) is 11.1 Å². The number of alkyl halides is 3. The molecule has 0 aliphatic rings. The average molecular weight is 296 g/mol. The number of carbonyl (C=O) groups excluding carboxylic acids is 1. The van der Waals surface area contributed by atoms with Gasteiger partial charge in [-0.1, -0.05) is 36.4 Å². The van der Waals surface area contributed by atoms with Gasteiger partial charge in [0.1, 0.15) is 12.6 Å². The number of fused-ring (bicyclic) bond motifs is 1. The highest BCUT2D eigenvalue weighted by Crippen LogP contribution is 2.23. The summed E-state index contributed by atoms with van der Waals surface area (Å²) in [5.74, 6) is -0.694. The number of nitrogens with one attached hydrogen (secondary N) is 2. The van der Waals surface area contributed by atoms with Gasteiger partial charge in [0.15, 0.2) is 0 Å². The van der Waals surface area contributed by atoms with Crippen LogP contribution in [-0.2, 0) is 4.79 Å². The monoisotopic (exact) mass is 296 g/mol. The van der Waals surface area contributed by atoms with E-state index in [-0.39, 0.29) is 0 Å². The van der Waals surface area contributed by atoms with Gasteiger partial charge >= 0.3 is 6.18 Å². The second-order valence-corrected chi connectivity index (χ2v) is 4.73. The summed E-state index contributed by atoms with van der Waals surface area (Å²) in [6.07, 6.45) is -4.41. The van der Waals surface area contributed by atoms with Crippen molar-refractivity contribution in [2.24, 2.45) is 0 Å². The fraction of sp³-hybridized carbons (Fsp3) is 0.267. The highest BCUT2D eigenvalue weighted by atomic mass is 19.4. The van der Waals surface area contributed by atoms with Crippen LogP contribution in [0.4, 0.5) is 18.9 Å². The molecule has 0 heterocycles. The van der Waals surface area contributed by atoms with E-state index in [9.17, 15) is 18.0 Å². The molecule has 2 N–H and O–H groups in total. The number of carbonyl (C=O) groups is 1. The van der Waals surface area contributed by atoms with Crippen LogP contribution in [0.15, 0.2) is 42.5 Å². The van der Waals surface area contributed by atoms with Gasteiger partial charge in [-0.15, -0.1) is 0 Å². The normalized spacial score (nSPS) is 13.0. The zero-order valence-electron chi connectivity index (χ0n) is 11.4. The molecule has 112 valence electrons. The maximum absolute atomic E-state index is 12.1. The van der Waals surface area contributed by atoms with Crippen molar-refractivity contribution in [1.29, 1.82) is 0 Å². The van der Waals surface area contributed by atoms with Crippen LogP contribution in [0, 0.1) is 0 Å². The Morgan fingerprint density at radius 2 is 1.81 bits per heavy atom. The summed E-state index contributed by atoms with van der Waals surface area (Å²) in [5.41, 5.74) is 0.711. The van der Waals surface area contributed by atoms with Gasteiger partial charge in [0.25, 0.3) is 0 Å². The summed E-state index contributed by atoms with van der Waals surface area (Å²) in [4.78, 5) is 11.7. The Balaban J connectivity index is 2.08. The minimum Gasteiger partial charge on any atom is -0.373 e. The van der Waals surface area contributed by atoms with Crippen molar-refractivity contribution in [2.45, 2.75) is 19.1 Å². The quantitative estimate of drug-likeness (QED) is 0.908. The Morgan fingerprint density at radius 1 is 1.14 bits per heavy atom. The van der Waals surface area contributed by atoms with E-state index >= 15 is 0 Å². The second kappa shape index (κ2) is 6.03. The minimum atomic E-state index is -4.41. The van der Waals surface area contributed by atoms with E-state index in [0.717, 1.165) is 10.8 Å². The molecule has 1 unspecified atom stereocenters. The van der Waals surface area contributed by atoms with Gasteiger partial charge in [-0.05, 0) is 18.4 Å². The molecular formula is C15H15F3N2O. The maximum atomic E-state index is 12.1. The predicted octanol–water partition coefficient (Wildman–Crippen LogP) is 3.32. The lowest BCUT2D eigenvalue weighted by Crippen LogP contribution is -2.42. The van der Waals surface area contributed by atoms with Gasteiger partial charge < -0.3 is 10.6 Å². The Kier molecular flexibility index (Phi) is 4.35. The molecule has 6 heteroatoms. The fourth-order valence-electron chi connectivity index (χ4n) is 1.99. The van der Waals surface area contributed by atoms with Crippen LogP contribution in [0.3, 0.4) is 0 Å². The molecule has 0 radical (unpaired) electrons. The highest BCUT2D eigenvalue weighted by molar-refractivity contribution is 5.95. The third-order valence-electron chi connectivity index (χ3n) is 3.02. The van der Waals surface area contributed by atoms with Gasteiger partial charge in [-0.2, -0.15) is 13.2 Å². The Hall–Kier alpha value is -2.24. The Bertz CT molecular complexity index is 635. The Labute approximate surface area is 120 Å². The molecule has 0 aromatic heterocycles. The van der Waals surface area contributed by atoms with Gasteiger partial charge in [0.2, 0.25) is 5.91 Å². The number of hydrogen-bond donors (Lipinski definition) is 2. The van der Waals surface area contributed by atoms with Crippen LogP contribution in [0.25, 0.3) is 10.8 Å². The smallest absolute Gasteiger partial charge is 0.373 e. The van der Waals surface area contributed by atoms with E-state index in [0.29, 0.717) is 5.69 Å². The molecule has 2 rings (SSSR count). The zero-order chi connectivity index (χ0) is 15.5. The van der Waals surface area contributed by atoms with E-state index < -0.39 is 24.7 Å². The Morgan fingerprint density at radius 3 is 2.52 bits per heavy atom. The van der Waals surface area contributed by atoms with E-state index in [2.05, 4.69) is 5.32 Å². The molecule has 0 saturated carbocycles. The average Bonchev–Trinajstić information content (AvgIpc) is 2.44. The summed E-state index contributed by atoms with van der Waals surface area (Å²) in [7, 11) is 0. The standard InChI is InChI=1S/C15H15F3N2O/c1-10(14(21)19-9-15(16,17)18)20-13-8-4-6-11-5-2-3-7-12(11)13/h2-8,10,20H,9H2,1H3,(H,19,21). The number of benzene rings is 2. The highest BCUT2D eigenvalue weighted by Gasteiger charge is 2.28. The summed E-state index contributed by atoms with van der Waals surface area (Å²) >= 11 is 0. The molecule has 1 atom stereocenters. The van der Waals surface area contributed by atoms with Gasteiger partial charge in [-0.3, -0.25) is 4.79 Å². The summed E-state index contributed by atoms with van der Waals surface area (Å²) in [6, 6.07) is 12.3. The molecule has 3 nitrogen and oxygen atoms in total. The van der Waals surface area contributed by atoms with Crippen molar-refractivity contribution >= 4 is 22.4 Å². The van der Waals surface area contributed by atoms with E-state index in [1.165, 1.54) is 6.92 Å². The van der Waals surface area contributed by atoms with Crippen LogP contribution in [0.5, 0.6) is 0 Å². The molecule has 0 aliphatic carbocycles. The van der Waals surface area contributed by atoms with Crippen molar-refractivity contribution < 1.29 is 18.0 Å². The SMILES string of the molecule is CC(Nc1cccc2ccccc12)C(=O)NCC(F)(F)F. The third kappa shape index (κ3) is 4.11. The number of hydrogen-bond acceptors (Lipinski definition) is 2. The summed E-state index contributed by atoms with van der Waals surface area (Å²) in [6.45, 7) is 0.195. The molecular weight excluding hydrogens is 281 g/mol. The number of rotatable bonds is 4. The topological polar surface area (TPSA) is 41.1 Å². The summed E-state index contributed by atoms with van der Waals surface area (Å²) < 4.78 is 36.2. The van der Waals surface area contributed by atoms with Crippen LogP contribution >= 0.6 is 0 Å². The first-order valence-corrected chi connectivity index (χ1v) is 6.45. The van der Waals surface area contributed by atoms with Crippen molar-refractivity contribution in [1.82, 2.24) is 5.32 Å². The van der Waals surface area contributed by atoms with Crippen molar-refractivity contribution in [3.05, 3.63) is 42.5 Å². The first-order chi connectivity index (χ1) is 9.87.